The van der Waals surface area contributed by atoms with Crippen LogP contribution in [0.2, 0.25) is 0 Å². The van der Waals surface area contributed by atoms with E-state index in [9.17, 15) is 0 Å². The predicted molar refractivity (Wildman–Crippen MR) is 67.2 cm³/mol. The molecule has 1 aromatic heterocycles. The van der Waals surface area contributed by atoms with Gasteiger partial charge in [0, 0.05) is 38.6 Å². The van der Waals surface area contributed by atoms with Crippen molar-refractivity contribution in [2.45, 2.75) is 0 Å². The van der Waals surface area contributed by atoms with Gasteiger partial charge in [-0.1, -0.05) is 5.92 Å². The summed E-state index contributed by atoms with van der Waals surface area (Å²) in [6.07, 6.45) is 8.83. The Labute approximate surface area is 104 Å². The minimum Gasteiger partial charge on any atom is -0.338 e. The predicted octanol–water partition coefficient (Wildman–Crippen LogP) is 0.994. The molecule has 5 heteroatoms. The second-order valence-corrected chi connectivity index (χ2v) is 4.58. The molecule has 0 spiro atoms. The molecule has 4 nitrogen and oxygen atoms in total. The molecule has 0 aliphatic carbocycles. The van der Waals surface area contributed by atoms with Crippen LogP contribution in [-0.4, -0.2) is 47.6 Å². The Morgan fingerprint density at radius 1 is 1.25 bits per heavy atom. The number of rotatable bonds is 2. The molecule has 1 fully saturated rings. The molecular weight excluding hydrogens is 268 g/mol. The van der Waals surface area contributed by atoms with Crippen molar-refractivity contribution in [3.8, 4) is 12.3 Å². The van der Waals surface area contributed by atoms with Gasteiger partial charge in [0.2, 0.25) is 5.95 Å². The van der Waals surface area contributed by atoms with Gasteiger partial charge in [0.15, 0.2) is 0 Å². The zero-order valence-electron chi connectivity index (χ0n) is 8.93. The van der Waals surface area contributed by atoms with E-state index in [0.29, 0.717) is 0 Å². The van der Waals surface area contributed by atoms with Gasteiger partial charge in [-0.25, -0.2) is 9.97 Å². The lowest BCUT2D eigenvalue weighted by atomic mass is 10.3. The van der Waals surface area contributed by atoms with Gasteiger partial charge in [-0.15, -0.1) is 6.42 Å². The minimum atomic E-state index is 0.731. The van der Waals surface area contributed by atoms with Crippen molar-refractivity contribution >= 4 is 21.9 Å². The number of piperazine rings is 1. The summed E-state index contributed by atoms with van der Waals surface area (Å²) in [6.45, 7) is 4.55. The summed E-state index contributed by atoms with van der Waals surface area (Å²) < 4.78 is 0.905. The lowest BCUT2D eigenvalue weighted by Crippen LogP contribution is -2.47. The third-order valence-corrected chi connectivity index (χ3v) is 2.99. The first-order valence-electron chi connectivity index (χ1n) is 5.18. The molecule has 2 heterocycles. The van der Waals surface area contributed by atoms with Crippen molar-refractivity contribution in [2.24, 2.45) is 0 Å². The first kappa shape index (κ1) is 11.4. The highest BCUT2D eigenvalue weighted by molar-refractivity contribution is 9.10. The molecule has 0 saturated carbocycles. The summed E-state index contributed by atoms with van der Waals surface area (Å²) >= 11 is 3.33. The van der Waals surface area contributed by atoms with Gasteiger partial charge in [0.25, 0.3) is 0 Å². The summed E-state index contributed by atoms with van der Waals surface area (Å²) in [5, 5.41) is 0. The highest BCUT2D eigenvalue weighted by Gasteiger charge is 2.17. The van der Waals surface area contributed by atoms with Gasteiger partial charge < -0.3 is 4.90 Å². The van der Waals surface area contributed by atoms with Gasteiger partial charge in [-0.05, 0) is 15.9 Å². The standard InChI is InChI=1S/C11H13BrN4/c1-2-3-15-4-6-16(7-5-15)11-13-8-10(12)9-14-11/h1,8-9H,3-7H2. The van der Waals surface area contributed by atoms with E-state index in [0.717, 1.165) is 43.1 Å². The molecule has 0 radical (unpaired) electrons. The fourth-order valence-corrected chi connectivity index (χ4v) is 1.91. The molecule has 0 amide bonds. The van der Waals surface area contributed by atoms with E-state index in [1.165, 1.54) is 0 Å². The molecule has 0 N–H and O–H groups in total. The number of terminal acetylenes is 1. The topological polar surface area (TPSA) is 32.3 Å². The maximum Gasteiger partial charge on any atom is 0.225 e. The van der Waals surface area contributed by atoms with Crippen LogP contribution < -0.4 is 4.90 Å². The van der Waals surface area contributed by atoms with Crippen LogP contribution in [-0.2, 0) is 0 Å². The van der Waals surface area contributed by atoms with Crippen molar-refractivity contribution in [1.82, 2.24) is 14.9 Å². The second-order valence-electron chi connectivity index (χ2n) is 3.67. The zero-order valence-corrected chi connectivity index (χ0v) is 10.5. The molecule has 1 aliphatic heterocycles. The van der Waals surface area contributed by atoms with Gasteiger partial charge >= 0.3 is 0 Å². The summed E-state index contributed by atoms with van der Waals surface area (Å²) in [5.41, 5.74) is 0. The molecule has 2 rings (SSSR count). The number of anilines is 1. The first-order chi connectivity index (χ1) is 7.79. The van der Waals surface area contributed by atoms with E-state index in [2.05, 4.69) is 41.6 Å². The van der Waals surface area contributed by atoms with Crippen LogP contribution in [0.5, 0.6) is 0 Å². The van der Waals surface area contributed by atoms with Crippen LogP contribution in [0.25, 0.3) is 0 Å². The third kappa shape index (κ3) is 2.71. The van der Waals surface area contributed by atoms with Crippen LogP contribution in [0, 0.1) is 12.3 Å². The SMILES string of the molecule is C#CCN1CCN(c2ncc(Br)cn2)CC1. The molecule has 1 saturated heterocycles. The van der Waals surface area contributed by atoms with Gasteiger partial charge in [-0.2, -0.15) is 0 Å². The first-order valence-corrected chi connectivity index (χ1v) is 5.97. The third-order valence-electron chi connectivity index (χ3n) is 2.58. The van der Waals surface area contributed by atoms with E-state index < -0.39 is 0 Å². The number of aromatic nitrogens is 2. The lowest BCUT2D eigenvalue weighted by molar-refractivity contribution is 0.286. The van der Waals surface area contributed by atoms with Crippen molar-refractivity contribution in [3.63, 3.8) is 0 Å². The number of nitrogens with zero attached hydrogens (tertiary/aromatic N) is 4. The van der Waals surface area contributed by atoms with Crippen LogP contribution in [0.3, 0.4) is 0 Å². The van der Waals surface area contributed by atoms with Crippen LogP contribution in [0.4, 0.5) is 5.95 Å². The number of halogens is 1. The van der Waals surface area contributed by atoms with E-state index in [4.69, 9.17) is 6.42 Å². The van der Waals surface area contributed by atoms with E-state index >= 15 is 0 Å². The van der Waals surface area contributed by atoms with Crippen molar-refractivity contribution < 1.29 is 0 Å². The Bertz CT molecular complexity index is 376. The molecule has 1 aliphatic rings. The smallest absolute Gasteiger partial charge is 0.225 e. The molecule has 0 bridgehead atoms. The van der Waals surface area contributed by atoms with E-state index in [1.807, 2.05) is 0 Å². The Balaban J connectivity index is 1.94. The number of hydrogen-bond acceptors (Lipinski definition) is 4. The van der Waals surface area contributed by atoms with Gasteiger partial charge in [0.1, 0.15) is 0 Å². The van der Waals surface area contributed by atoms with E-state index in [1.54, 1.807) is 12.4 Å². The van der Waals surface area contributed by atoms with Crippen molar-refractivity contribution in [3.05, 3.63) is 16.9 Å². The molecule has 1 aromatic rings. The van der Waals surface area contributed by atoms with E-state index in [-0.39, 0.29) is 0 Å². The molecule has 0 unspecified atom stereocenters. The molecular formula is C11H13BrN4. The monoisotopic (exact) mass is 280 g/mol. The Morgan fingerprint density at radius 3 is 2.44 bits per heavy atom. The van der Waals surface area contributed by atoms with Crippen LogP contribution in [0.15, 0.2) is 16.9 Å². The summed E-state index contributed by atoms with van der Waals surface area (Å²) in [7, 11) is 0. The van der Waals surface area contributed by atoms with Crippen molar-refractivity contribution in [2.75, 3.05) is 37.6 Å². The average molecular weight is 281 g/mol. The molecule has 16 heavy (non-hydrogen) atoms. The fraction of sp³-hybridized carbons (Fsp3) is 0.455. The molecule has 0 aromatic carbocycles. The van der Waals surface area contributed by atoms with Gasteiger partial charge in [0.05, 0.1) is 11.0 Å². The number of hydrogen-bond donors (Lipinski definition) is 0. The van der Waals surface area contributed by atoms with Crippen LogP contribution >= 0.6 is 15.9 Å². The lowest BCUT2D eigenvalue weighted by Gasteiger charge is -2.33. The fourth-order valence-electron chi connectivity index (χ4n) is 1.70. The average Bonchev–Trinajstić information content (AvgIpc) is 2.32. The Hall–Kier alpha value is -1.12. The molecule has 84 valence electrons. The highest BCUT2D eigenvalue weighted by Crippen LogP contribution is 2.12. The second kappa shape index (κ2) is 5.28. The Morgan fingerprint density at radius 2 is 1.88 bits per heavy atom. The Kier molecular flexibility index (Phi) is 3.75. The summed E-state index contributed by atoms with van der Waals surface area (Å²) in [6, 6.07) is 0. The molecule has 0 atom stereocenters. The van der Waals surface area contributed by atoms with Crippen LogP contribution in [0.1, 0.15) is 0 Å². The quantitative estimate of drug-likeness (QED) is 0.757. The summed E-state index contributed by atoms with van der Waals surface area (Å²) in [4.78, 5) is 13.0. The zero-order chi connectivity index (χ0) is 11.4. The normalized spacial score (nSPS) is 17.1. The largest absolute Gasteiger partial charge is 0.338 e. The van der Waals surface area contributed by atoms with Gasteiger partial charge in [-0.3, -0.25) is 4.90 Å². The maximum absolute atomic E-state index is 5.29. The summed E-state index contributed by atoms with van der Waals surface area (Å²) in [5.74, 6) is 3.46. The highest BCUT2D eigenvalue weighted by atomic mass is 79.9. The minimum absolute atomic E-state index is 0.731. The van der Waals surface area contributed by atoms with Crippen molar-refractivity contribution in [1.29, 1.82) is 0 Å². The maximum atomic E-state index is 5.29.